The van der Waals surface area contributed by atoms with E-state index in [1.807, 2.05) is 4.90 Å². The van der Waals surface area contributed by atoms with Crippen LogP contribution in [0.4, 0.5) is 4.79 Å². The lowest BCUT2D eigenvalue weighted by molar-refractivity contribution is -0.141. The number of aliphatic carboxylic acids is 1. The minimum atomic E-state index is -0.888. The van der Waals surface area contributed by atoms with Crippen molar-refractivity contribution < 1.29 is 19.4 Å². The van der Waals surface area contributed by atoms with Crippen LogP contribution in [-0.4, -0.2) is 90.8 Å². The SMILES string of the molecule is CN1CCCN(C(=O)N2CCOC(CC(=O)O)C2)CC1. The molecule has 0 bridgehead atoms. The second kappa shape index (κ2) is 6.90. The van der Waals surface area contributed by atoms with Crippen molar-refractivity contribution in [2.45, 2.75) is 18.9 Å². The Morgan fingerprint density at radius 2 is 1.95 bits per heavy atom. The van der Waals surface area contributed by atoms with Gasteiger partial charge in [-0.3, -0.25) is 4.79 Å². The zero-order chi connectivity index (χ0) is 14.5. The van der Waals surface area contributed by atoms with E-state index in [0.29, 0.717) is 19.7 Å². The fourth-order valence-electron chi connectivity index (χ4n) is 2.65. The Hall–Kier alpha value is -1.34. The zero-order valence-electron chi connectivity index (χ0n) is 12.0. The molecule has 2 aliphatic heterocycles. The van der Waals surface area contributed by atoms with Gasteiger partial charge in [-0.05, 0) is 20.0 Å². The third-order valence-electron chi connectivity index (χ3n) is 3.80. The summed E-state index contributed by atoms with van der Waals surface area (Å²) in [5.74, 6) is -0.888. The second-order valence-electron chi connectivity index (χ2n) is 5.46. The van der Waals surface area contributed by atoms with Crippen molar-refractivity contribution in [1.29, 1.82) is 0 Å². The van der Waals surface area contributed by atoms with Crippen molar-refractivity contribution in [1.82, 2.24) is 14.7 Å². The van der Waals surface area contributed by atoms with Gasteiger partial charge in [-0.1, -0.05) is 0 Å². The molecule has 7 heteroatoms. The molecule has 0 aromatic carbocycles. The number of carboxylic acid groups (broad SMARTS) is 1. The molecule has 20 heavy (non-hydrogen) atoms. The molecule has 7 nitrogen and oxygen atoms in total. The number of nitrogens with zero attached hydrogens (tertiary/aromatic N) is 3. The maximum atomic E-state index is 12.5. The average Bonchev–Trinajstić information content (AvgIpc) is 2.62. The fourth-order valence-corrected chi connectivity index (χ4v) is 2.65. The van der Waals surface area contributed by atoms with E-state index in [2.05, 4.69) is 11.9 Å². The number of ether oxygens (including phenoxy) is 1. The Labute approximate surface area is 119 Å². The van der Waals surface area contributed by atoms with Gasteiger partial charge in [0.2, 0.25) is 0 Å². The van der Waals surface area contributed by atoms with Crippen molar-refractivity contribution in [2.24, 2.45) is 0 Å². The number of carboxylic acids is 1. The van der Waals surface area contributed by atoms with Gasteiger partial charge in [-0.15, -0.1) is 0 Å². The van der Waals surface area contributed by atoms with Crippen LogP contribution in [0.3, 0.4) is 0 Å². The fraction of sp³-hybridized carbons (Fsp3) is 0.846. The molecule has 2 aliphatic rings. The maximum Gasteiger partial charge on any atom is 0.320 e. The average molecular weight is 285 g/mol. The molecule has 2 saturated heterocycles. The van der Waals surface area contributed by atoms with Crippen molar-refractivity contribution in [3.8, 4) is 0 Å². The Bertz CT molecular complexity index is 364. The van der Waals surface area contributed by atoms with Crippen LogP contribution in [0.5, 0.6) is 0 Å². The Balaban J connectivity index is 1.89. The van der Waals surface area contributed by atoms with E-state index >= 15 is 0 Å². The van der Waals surface area contributed by atoms with Gasteiger partial charge in [0.15, 0.2) is 0 Å². The van der Waals surface area contributed by atoms with Gasteiger partial charge in [0.25, 0.3) is 0 Å². The van der Waals surface area contributed by atoms with Crippen LogP contribution in [0, 0.1) is 0 Å². The number of amides is 2. The van der Waals surface area contributed by atoms with Crippen LogP contribution in [0.1, 0.15) is 12.8 Å². The van der Waals surface area contributed by atoms with Gasteiger partial charge in [0.1, 0.15) is 0 Å². The summed E-state index contributed by atoms with van der Waals surface area (Å²) in [6.45, 7) is 4.72. The van der Waals surface area contributed by atoms with E-state index < -0.39 is 5.97 Å². The lowest BCUT2D eigenvalue weighted by atomic mass is 10.2. The Kier molecular flexibility index (Phi) is 5.19. The van der Waals surface area contributed by atoms with Crippen molar-refractivity contribution >= 4 is 12.0 Å². The predicted molar refractivity (Wildman–Crippen MR) is 72.6 cm³/mol. The first-order valence-corrected chi connectivity index (χ1v) is 7.12. The number of carbonyl (C=O) groups excluding carboxylic acids is 1. The van der Waals surface area contributed by atoms with Gasteiger partial charge in [0, 0.05) is 32.7 Å². The molecule has 2 rings (SSSR count). The smallest absolute Gasteiger partial charge is 0.320 e. The van der Waals surface area contributed by atoms with Gasteiger partial charge in [-0.25, -0.2) is 4.79 Å². The summed E-state index contributed by atoms with van der Waals surface area (Å²) >= 11 is 0. The zero-order valence-corrected chi connectivity index (χ0v) is 12.0. The lowest BCUT2D eigenvalue weighted by Gasteiger charge is -2.35. The Morgan fingerprint density at radius 1 is 1.15 bits per heavy atom. The van der Waals surface area contributed by atoms with Crippen LogP contribution in [-0.2, 0) is 9.53 Å². The van der Waals surface area contributed by atoms with Crippen molar-refractivity contribution in [3.05, 3.63) is 0 Å². The van der Waals surface area contributed by atoms with E-state index in [9.17, 15) is 9.59 Å². The molecule has 1 unspecified atom stereocenters. The molecule has 2 heterocycles. The molecule has 0 spiro atoms. The highest BCUT2D eigenvalue weighted by Crippen LogP contribution is 2.12. The molecule has 0 aliphatic carbocycles. The number of likely N-dealkylation sites (N-methyl/N-ethyl adjacent to an activating group) is 1. The van der Waals surface area contributed by atoms with Gasteiger partial charge < -0.3 is 24.5 Å². The molecule has 114 valence electrons. The monoisotopic (exact) mass is 285 g/mol. The molecule has 2 fully saturated rings. The molecule has 0 radical (unpaired) electrons. The topological polar surface area (TPSA) is 73.3 Å². The summed E-state index contributed by atoms with van der Waals surface area (Å²) in [6, 6.07) is 0.0130. The van der Waals surface area contributed by atoms with Gasteiger partial charge in [-0.2, -0.15) is 0 Å². The Morgan fingerprint density at radius 3 is 2.70 bits per heavy atom. The first-order valence-electron chi connectivity index (χ1n) is 7.12. The first kappa shape index (κ1) is 15.1. The molecule has 0 aromatic rings. The van der Waals surface area contributed by atoms with E-state index in [0.717, 1.165) is 32.6 Å². The standard InChI is InChI=1S/C13H23N3O4/c1-14-3-2-4-15(6-5-14)13(19)16-7-8-20-11(10-16)9-12(17)18/h11H,2-10H2,1H3,(H,17,18). The summed E-state index contributed by atoms with van der Waals surface area (Å²) in [7, 11) is 2.06. The minimum Gasteiger partial charge on any atom is -0.481 e. The van der Waals surface area contributed by atoms with Crippen molar-refractivity contribution in [3.63, 3.8) is 0 Å². The molecule has 2 amide bonds. The first-order chi connectivity index (χ1) is 9.56. The van der Waals surface area contributed by atoms with Crippen LogP contribution < -0.4 is 0 Å². The molecule has 0 aromatic heterocycles. The quantitative estimate of drug-likeness (QED) is 0.768. The minimum absolute atomic E-state index is 0.0130. The highest BCUT2D eigenvalue weighted by Gasteiger charge is 2.29. The summed E-state index contributed by atoms with van der Waals surface area (Å²) < 4.78 is 5.40. The third-order valence-corrected chi connectivity index (χ3v) is 3.80. The summed E-state index contributed by atoms with van der Waals surface area (Å²) in [5.41, 5.74) is 0. The van der Waals surface area contributed by atoms with Crippen LogP contribution in [0.15, 0.2) is 0 Å². The van der Waals surface area contributed by atoms with E-state index in [4.69, 9.17) is 9.84 Å². The number of carbonyl (C=O) groups is 2. The van der Waals surface area contributed by atoms with E-state index in [-0.39, 0.29) is 18.6 Å². The molecular weight excluding hydrogens is 262 g/mol. The normalized spacial score (nSPS) is 25.4. The van der Waals surface area contributed by atoms with E-state index in [1.54, 1.807) is 4.90 Å². The summed E-state index contributed by atoms with van der Waals surface area (Å²) in [4.78, 5) is 29.0. The van der Waals surface area contributed by atoms with Crippen molar-refractivity contribution in [2.75, 3.05) is 52.9 Å². The van der Waals surface area contributed by atoms with Crippen LogP contribution in [0.2, 0.25) is 0 Å². The molecule has 1 atom stereocenters. The number of hydrogen-bond donors (Lipinski definition) is 1. The largest absolute Gasteiger partial charge is 0.481 e. The maximum absolute atomic E-state index is 12.5. The predicted octanol–water partition coefficient (Wildman–Crippen LogP) is -0.0806. The highest BCUT2D eigenvalue weighted by atomic mass is 16.5. The van der Waals surface area contributed by atoms with E-state index in [1.165, 1.54) is 0 Å². The molecule has 0 saturated carbocycles. The summed E-state index contributed by atoms with van der Waals surface area (Å²) in [6.07, 6.45) is 0.539. The number of urea groups is 1. The number of rotatable bonds is 2. The van der Waals surface area contributed by atoms with Gasteiger partial charge in [0.05, 0.1) is 19.1 Å². The van der Waals surface area contributed by atoms with Gasteiger partial charge >= 0.3 is 12.0 Å². The number of hydrogen-bond acceptors (Lipinski definition) is 4. The second-order valence-corrected chi connectivity index (χ2v) is 5.46. The molecular formula is C13H23N3O4. The molecule has 1 N–H and O–H groups in total. The van der Waals surface area contributed by atoms with Crippen LogP contribution >= 0.6 is 0 Å². The van der Waals surface area contributed by atoms with Crippen LogP contribution in [0.25, 0.3) is 0 Å². The summed E-state index contributed by atoms with van der Waals surface area (Å²) in [5, 5.41) is 8.81. The highest BCUT2D eigenvalue weighted by molar-refractivity contribution is 5.75. The lowest BCUT2D eigenvalue weighted by Crippen LogP contribution is -2.52. The third kappa shape index (κ3) is 4.08. The number of morpholine rings is 1.